The highest BCUT2D eigenvalue weighted by molar-refractivity contribution is 9.11. The monoisotopic (exact) mass is 332 g/mol. The molecule has 1 fully saturated rings. The fourth-order valence-electron chi connectivity index (χ4n) is 1.76. The Morgan fingerprint density at radius 2 is 1.69 bits per heavy atom. The first kappa shape index (κ1) is 12.0. The summed E-state index contributed by atoms with van der Waals surface area (Å²) in [5.74, 6) is 0.269. The van der Waals surface area contributed by atoms with Crippen molar-refractivity contribution in [1.29, 1.82) is 0 Å². The fraction of sp³-hybridized carbons (Fsp3) is 1.00. The molecule has 1 saturated carbocycles. The van der Waals surface area contributed by atoms with Crippen molar-refractivity contribution in [1.82, 2.24) is 0 Å². The van der Waals surface area contributed by atoms with E-state index in [0.29, 0.717) is 0 Å². The second kappa shape index (κ2) is 4.62. The molecule has 5 heteroatoms. The summed E-state index contributed by atoms with van der Waals surface area (Å²) >= 11 is 6.59. The van der Waals surface area contributed by atoms with Crippen molar-refractivity contribution in [2.45, 2.75) is 36.4 Å². The molecule has 0 aromatic heterocycles. The molecule has 0 N–H and O–H groups in total. The van der Waals surface area contributed by atoms with Gasteiger partial charge in [0, 0.05) is 4.32 Å². The molecule has 0 bridgehead atoms. The molecule has 1 rings (SSSR count). The summed E-state index contributed by atoms with van der Waals surface area (Å²) in [5.41, 5.74) is 0. The smallest absolute Gasteiger partial charge is 0.161 e. The first-order chi connectivity index (χ1) is 5.97. The third-order valence-corrected chi connectivity index (χ3v) is 7.26. The lowest BCUT2D eigenvalue weighted by molar-refractivity contribution is 0.428. The standard InChI is InChI=1S/C8H14Br2O2S/c9-7-13(11,12)6-8(10)4-2-1-3-5-8/h1-7H2. The van der Waals surface area contributed by atoms with Crippen LogP contribution in [-0.4, -0.2) is 23.2 Å². The lowest BCUT2D eigenvalue weighted by Gasteiger charge is -2.30. The average Bonchev–Trinajstić information content (AvgIpc) is 2.04. The molecule has 0 amide bonds. The van der Waals surface area contributed by atoms with Crippen LogP contribution in [-0.2, 0) is 9.84 Å². The molecule has 0 atom stereocenters. The summed E-state index contributed by atoms with van der Waals surface area (Å²) in [6.07, 6.45) is 5.49. The molecule has 0 radical (unpaired) electrons. The Hall–Kier alpha value is 0.910. The molecule has 0 aromatic rings. The minimum atomic E-state index is -2.91. The van der Waals surface area contributed by atoms with Crippen molar-refractivity contribution in [3.05, 3.63) is 0 Å². The Kier molecular flexibility index (Phi) is 4.26. The van der Waals surface area contributed by atoms with Gasteiger partial charge in [-0.3, -0.25) is 0 Å². The van der Waals surface area contributed by atoms with E-state index in [9.17, 15) is 8.42 Å². The van der Waals surface area contributed by atoms with Crippen LogP contribution in [0.4, 0.5) is 0 Å². The molecule has 0 spiro atoms. The van der Waals surface area contributed by atoms with Gasteiger partial charge in [-0.05, 0) is 12.8 Å². The van der Waals surface area contributed by atoms with Crippen molar-refractivity contribution >= 4 is 41.7 Å². The maximum atomic E-state index is 11.4. The van der Waals surface area contributed by atoms with Gasteiger partial charge in [-0.15, -0.1) is 0 Å². The van der Waals surface area contributed by atoms with Crippen LogP contribution in [0, 0.1) is 0 Å². The van der Waals surface area contributed by atoms with Crippen molar-refractivity contribution in [2.24, 2.45) is 0 Å². The quantitative estimate of drug-likeness (QED) is 0.744. The lowest BCUT2D eigenvalue weighted by Crippen LogP contribution is -2.33. The summed E-state index contributed by atoms with van der Waals surface area (Å²) < 4.78 is 22.7. The summed E-state index contributed by atoms with van der Waals surface area (Å²) in [6, 6.07) is 0. The zero-order chi connectivity index (χ0) is 9.95. The molecule has 2 nitrogen and oxygen atoms in total. The molecular weight excluding hydrogens is 320 g/mol. The Bertz CT molecular complexity index is 255. The lowest BCUT2D eigenvalue weighted by atomic mass is 9.90. The minimum absolute atomic E-state index is 0.0767. The van der Waals surface area contributed by atoms with Gasteiger partial charge in [0.1, 0.15) is 4.66 Å². The van der Waals surface area contributed by atoms with Gasteiger partial charge in [0.2, 0.25) is 0 Å². The van der Waals surface area contributed by atoms with E-state index in [1.54, 1.807) is 0 Å². The maximum Gasteiger partial charge on any atom is 0.161 e. The maximum absolute atomic E-state index is 11.4. The second-order valence-electron chi connectivity index (χ2n) is 3.71. The molecule has 1 aliphatic carbocycles. The van der Waals surface area contributed by atoms with Gasteiger partial charge in [-0.2, -0.15) is 0 Å². The van der Waals surface area contributed by atoms with Crippen LogP contribution < -0.4 is 0 Å². The van der Waals surface area contributed by atoms with Gasteiger partial charge in [-0.1, -0.05) is 51.1 Å². The normalized spacial score (nSPS) is 22.9. The molecule has 0 unspecified atom stereocenters. The predicted molar refractivity (Wildman–Crippen MR) is 62.3 cm³/mol. The van der Waals surface area contributed by atoms with Gasteiger partial charge in [0.05, 0.1) is 5.75 Å². The topological polar surface area (TPSA) is 34.1 Å². The molecule has 0 saturated heterocycles. The van der Waals surface area contributed by atoms with Gasteiger partial charge in [-0.25, -0.2) is 8.42 Å². The van der Waals surface area contributed by atoms with E-state index in [1.807, 2.05) is 0 Å². The zero-order valence-corrected chi connectivity index (χ0v) is 11.4. The molecule has 78 valence electrons. The van der Waals surface area contributed by atoms with Crippen LogP contribution in [0.15, 0.2) is 0 Å². The highest BCUT2D eigenvalue weighted by atomic mass is 79.9. The van der Waals surface area contributed by atoms with E-state index in [0.717, 1.165) is 25.7 Å². The number of sulfone groups is 1. The van der Waals surface area contributed by atoms with E-state index in [1.165, 1.54) is 6.42 Å². The van der Waals surface area contributed by atoms with Crippen molar-refractivity contribution < 1.29 is 8.42 Å². The van der Waals surface area contributed by atoms with Crippen LogP contribution in [0.25, 0.3) is 0 Å². The summed E-state index contributed by atoms with van der Waals surface area (Å²) in [4.78, 5) is 0. The molecular formula is C8H14Br2O2S. The van der Waals surface area contributed by atoms with Crippen LogP contribution >= 0.6 is 31.9 Å². The number of rotatable bonds is 3. The highest BCUT2D eigenvalue weighted by Gasteiger charge is 2.33. The van der Waals surface area contributed by atoms with Crippen LogP contribution in [0.5, 0.6) is 0 Å². The van der Waals surface area contributed by atoms with E-state index in [4.69, 9.17) is 0 Å². The van der Waals surface area contributed by atoms with Crippen LogP contribution in [0.1, 0.15) is 32.1 Å². The predicted octanol–water partition coefficient (Wildman–Crippen LogP) is 2.85. The average molecular weight is 334 g/mol. The van der Waals surface area contributed by atoms with E-state index in [2.05, 4.69) is 31.9 Å². The summed E-state index contributed by atoms with van der Waals surface area (Å²) in [6.45, 7) is 0. The van der Waals surface area contributed by atoms with E-state index >= 15 is 0 Å². The Labute approximate surface area is 96.6 Å². The third kappa shape index (κ3) is 3.88. The largest absolute Gasteiger partial charge is 0.228 e. The highest BCUT2D eigenvalue weighted by Crippen LogP contribution is 2.37. The van der Waals surface area contributed by atoms with Gasteiger partial charge < -0.3 is 0 Å². The second-order valence-corrected chi connectivity index (χ2v) is 8.76. The molecule has 0 aromatic carbocycles. The van der Waals surface area contributed by atoms with E-state index < -0.39 is 9.84 Å². The first-order valence-corrected chi connectivity index (χ1v) is 8.16. The Balaban J connectivity index is 2.60. The summed E-state index contributed by atoms with van der Waals surface area (Å²) in [7, 11) is -2.91. The van der Waals surface area contributed by atoms with Crippen molar-refractivity contribution in [3.8, 4) is 0 Å². The molecule has 13 heavy (non-hydrogen) atoms. The fourth-order valence-corrected chi connectivity index (χ4v) is 5.01. The molecule has 0 heterocycles. The van der Waals surface area contributed by atoms with Crippen molar-refractivity contribution in [3.63, 3.8) is 0 Å². The zero-order valence-electron chi connectivity index (χ0n) is 7.43. The number of hydrogen-bond donors (Lipinski definition) is 0. The van der Waals surface area contributed by atoms with Gasteiger partial charge in [0.25, 0.3) is 0 Å². The summed E-state index contributed by atoms with van der Waals surface area (Å²) in [5, 5.41) is 0. The number of halogens is 2. The van der Waals surface area contributed by atoms with Crippen molar-refractivity contribution in [2.75, 3.05) is 10.4 Å². The molecule has 0 aliphatic heterocycles. The number of hydrogen-bond acceptors (Lipinski definition) is 2. The minimum Gasteiger partial charge on any atom is -0.228 e. The van der Waals surface area contributed by atoms with Crippen LogP contribution in [0.3, 0.4) is 0 Å². The first-order valence-electron chi connectivity index (χ1n) is 4.43. The third-order valence-electron chi connectivity index (χ3n) is 2.39. The Morgan fingerprint density at radius 1 is 1.15 bits per heavy atom. The van der Waals surface area contributed by atoms with E-state index in [-0.39, 0.29) is 14.7 Å². The SMILES string of the molecule is O=S(=O)(CBr)CC1(Br)CCCCC1. The molecule has 1 aliphatic rings. The van der Waals surface area contributed by atoms with Gasteiger partial charge >= 0.3 is 0 Å². The Morgan fingerprint density at radius 3 is 2.15 bits per heavy atom. The number of alkyl halides is 2. The van der Waals surface area contributed by atoms with Crippen LogP contribution in [0.2, 0.25) is 0 Å². The van der Waals surface area contributed by atoms with Gasteiger partial charge in [0.15, 0.2) is 9.84 Å².